The van der Waals surface area contributed by atoms with Gasteiger partial charge in [0.25, 0.3) is 14.1 Å². The zero-order valence-electron chi connectivity index (χ0n) is 23.4. The molecule has 0 aromatic carbocycles. The van der Waals surface area contributed by atoms with Crippen molar-refractivity contribution < 1.29 is 18.2 Å². The van der Waals surface area contributed by atoms with Crippen molar-refractivity contribution in [3.05, 3.63) is 30.6 Å². The fraction of sp³-hybridized carbons (Fsp3) is 0.792. The molecule has 4 unspecified atom stereocenters. The van der Waals surface area contributed by atoms with Crippen LogP contribution in [-0.2, 0) is 18.2 Å². The summed E-state index contributed by atoms with van der Waals surface area (Å²) in [7, 11) is -3.62. The molecule has 210 valence electrons. The van der Waals surface area contributed by atoms with Crippen LogP contribution in [0, 0.1) is 14.9 Å². The molecule has 4 atom stereocenters. The fourth-order valence-electron chi connectivity index (χ4n) is 3.83. The standard InChI is InChI=1S/C24H42IN4O6PSi/c1-16(2)29(17(3)4)36(32-12-10-11-26)33-15-20-19(35-37(8,9)24(5,6)7)13-21(34-20)28-14-18(25)22(30)27-23(28)31/h14,16-17,19-21H,10,12-13,15H2,1-9H3,(H,27,30,31). The van der Waals surface area contributed by atoms with Crippen molar-refractivity contribution in [1.29, 1.82) is 5.26 Å². The monoisotopic (exact) mass is 668 g/mol. The summed E-state index contributed by atoms with van der Waals surface area (Å²) in [4.78, 5) is 26.9. The molecule has 1 aromatic heterocycles. The summed E-state index contributed by atoms with van der Waals surface area (Å²) in [6.45, 7) is 19.7. The van der Waals surface area contributed by atoms with Crippen LogP contribution in [0.1, 0.15) is 67.5 Å². The number of nitrogens with zero attached hydrogens (tertiary/aromatic N) is 3. The van der Waals surface area contributed by atoms with Crippen molar-refractivity contribution in [2.45, 2.75) is 110 Å². The number of H-pyrrole nitrogens is 1. The van der Waals surface area contributed by atoms with Gasteiger partial charge in [-0.3, -0.25) is 14.3 Å². The molecule has 37 heavy (non-hydrogen) atoms. The predicted molar refractivity (Wildman–Crippen MR) is 156 cm³/mol. The van der Waals surface area contributed by atoms with Crippen LogP contribution in [0.15, 0.2) is 15.8 Å². The number of rotatable bonds is 12. The third-order valence-corrected chi connectivity index (χ3v) is 14.0. The van der Waals surface area contributed by atoms with Crippen molar-refractivity contribution in [2.24, 2.45) is 0 Å². The van der Waals surface area contributed by atoms with Crippen molar-refractivity contribution in [1.82, 2.24) is 14.2 Å². The van der Waals surface area contributed by atoms with Crippen LogP contribution in [0.2, 0.25) is 18.1 Å². The Morgan fingerprint density at radius 2 is 1.89 bits per heavy atom. The Hall–Kier alpha value is -0.653. The van der Waals surface area contributed by atoms with Gasteiger partial charge in [0, 0.05) is 24.7 Å². The van der Waals surface area contributed by atoms with Gasteiger partial charge in [0.05, 0.1) is 35.4 Å². The van der Waals surface area contributed by atoms with E-state index in [9.17, 15) is 9.59 Å². The van der Waals surface area contributed by atoms with E-state index >= 15 is 0 Å². The van der Waals surface area contributed by atoms with Gasteiger partial charge in [-0.15, -0.1) is 0 Å². The second-order valence-corrected chi connectivity index (χ2v) is 18.6. The van der Waals surface area contributed by atoms with Gasteiger partial charge in [0.15, 0.2) is 8.32 Å². The maximum absolute atomic E-state index is 12.6. The molecular formula is C24H42IN4O6PSi. The Kier molecular flexibility index (Phi) is 12.0. The molecule has 1 N–H and O–H groups in total. The summed E-state index contributed by atoms with van der Waals surface area (Å²) in [5.74, 6) is 0. The molecule has 1 aliphatic rings. The van der Waals surface area contributed by atoms with Gasteiger partial charge in [-0.25, -0.2) is 9.46 Å². The molecule has 2 heterocycles. The molecule has 0 bridgehead atoms. The molecule has 1 aromatic rings. The topological polar surface area (TPSA) is 119 Å². The van der Waals surface area contributed by atoms with Crippen molar-refractivity contribution in [3.8, 4) is 6.07 Å². The smallest absolute Gasteiger partial charge is 0.330 e. The van der Waals surface area contributed by atoms with E-state index in [0.717, 1.165) is 0 Å². The highest BCUT2D eigenvalue weighted by Crippen LogP contribution is 2.47. The van der Waals surface area contributed by atoms with E-state index in [-0.39, 0.29) is 42.9 Å². The van der Waals surface area contributed by atoms with E-state index in [4.69, 9.17) is 23.5 Å². The number of ether oxygens (including phenoxy) is 1. The number of aromatic amines is 1. The molecule has 0 radical (unpaired) electrons. The highest BCUT2D eigenvalue weighted by molar-refractivity contribution is 14.1. The van der Waals surface area contributed by atoms with Crippen LogP contribution < -0.4 is 11.2 Å². The molecule has 0 saturated carbocycles. The predicted octanol–water partition coefficient (Wildman–Crippen LogP) is 5.11. The lowest BCUT2D eigenvalue weighted by atomic mass is 10.2. The molecule has 2 rings (SSSR count). The Labute approximate surface area is 236 Å². The second kappa shape index (κ2) is 13.6. The number of halogens is 1. The molecule has 0 spiro atoms. The maximum Gasteiger partial charge on any atom is 0.330 e. The van der Waals surface area contributed by atoms with Gasteiger partial charge in [-0.2, -0.15) is 5.26 Å². The second-order valence-electron chi connectivity index (χ2n) is 11.3. The zero-order valence-corrected chi connectivity index (χ0v) is 27.5. The van der Waals surface area contributed by atoms with Crippen molar-refractivity contribution in [3.63, 3.8) is 0 Å². The maximum atomic E-state index is 12.6. The minimum absolute atomic E-state index is 0.0141. The molecule has 0 amide bonds. The normalized spacial score (nSPS) is 21.7. The fourth-order valence-corrected chi connectivity index (χ4v) is 7.24. The highest BCUT2D eigenvalue weighted by atomic mass is 127. The van der Waals surface area contributed by atoms with Crippen LogP contribution in [0.25, 0.3) is 0 Å². The van der Waals surface area contributed by atoms with Crippen LogP contribution in [0.5, 0.6) is 0 Å². The van der Waals surface area contributed by atoms with Gasteiger partial charge in [-0.05, 0) is 68.4 Å². The first-order chi connectivity index (χ1) is 17.1. The summed E-state index contributed by atoms with van der Waals surface area (Å²) in [5.41, 5.74) is -0.938. The van der Waals surface area contributed by atoms with Gasteiger partial charge in [0.1, 0.15) is 12.3 Å². The molecule has 13 heteroatoms. The molecule has 1 fully saturated rings. The van der Waals surface area contributed by atoms with Crippen LogP contribution in [-0.4, -0.2) is 60.0 Å². The van der Waals surface area contributed by atoms with Crippen LogP contribution in [0.4, 0.5) is 0 Å². The summed E-state index contributed by atoms with van der Waals surface area (Å²) in [6.07, 6.45) is 0.910. The van der Waals surface area contributed by atoms with E-state index in [1.807, 2.05) is 22.6 Å². The first-order valence-corrected chi connectivity index (χ1v) is 17.8. The molecule has 1 aliphatic heterocycles. The third kappa shape index (κ3) is 8.67. The Balaban J connectivity index is 2.33. The number of aromatic nitrogens is 2. The molecule has 10 nitrogen and oxygen atoms in total. The molecule has 0 aliphatic carbocycles. The largest absolute Gasteiger partial charge is 0.411 e. The third-order valence-electron chi connectivity index (χ3n) is 6.68. The number of nitriles is 1. The van der Waals surface area contributed by atoms with E-state index in [2.05, 4.69) is 77.3 Å². The highest BCUT2D eigenvalue weighted by Gasteiger charge is 2.46. The van der Waals surface area contributed by atoms with Crippen molar-refractivity contribution in [2.75, 3.05) is 13.2 Å². The quantitative estimate of drug-likeness (QED) is 0.141. The lowest BCUT2D eigenvalue weighted by Gasteiger charge is -2.40. The lowest BCUT2D eigenvalue weighted by Crippen LogP contribution is -2.46. The summed E-state index contributed by atoms with van der Waals surface area (Å²) in [5, 5.41) is 8.97. The van der Waals surface area contributed by atoms with Crippen molar-refractivity contribution >= 4 is 39.4 Å². The Morgan fingerprint density at radius 3 is 2.43 bits per heavy atom. The van der Waals surface area contributed by atoms with Gasteiger partial charge in [0.2, 0.25) is 0 Å². The first kappa shape index (κ1) is 32.6. The minimum Gasteiger partial charge on any atom is -0.411 e. The average molecular weight is 669 g/mol. The summed E-state index contributed by atoms with van der Waals surface area (Å²) in [6, 6.07) is 2.46. The Bertz CT molecular complexity index is 1040. The number of hydrogen-bond acceptors (Lipinski definition) is 8. The number of nitrogens with one attached hydrogen (secondary N) is 1. The van der Waals surface area contributed by atoms with Gasteiger partial charge < -0.3 is 18.2 Å². The summed E-state index contributed by atoms with van der Waals surface area (Å²) >= 11 is 1.91. The summed E-state index contributed by atoms with van der Waals surface area (Å²) < 4.78 is 29.5. The van der Waals surface area contributed by atoms with Gasteiger partial charge in [-0.1, -0.05) is 20.8 Å². The van der Waals surface area contributed by atoms with E-state index in [1.54, 1.807) is 0 Å². The average Bonchev–Trinajstić information content (AvgIpc) is 3.14. The number of hydrogen-bond donors (Lipinski definition) is 1. The van der Waals surface area contributed by atoms with E-state index < -0.39 is 40.4 Å². The van der Waals surface area contributed by atoms with Gasteiger partial charge >= 0.3 is 5.69 Å². The molecule has 1 saturated heterocycles. The van der Waals surface area contributed by atoms with Crippen LogP contribution >= 0.6 is 31.1 Å². The minimum atomic E-state index is -2.17. The van der Waals surface area contributed by atoms with Crippen LogP contribution in [0.3, 0.4) is 0 Å². The zero-order chi connectivity index (χ0) is 28.1. The van der Waals surface area contributed by atoms with E-state index in [0.29, 0.717) is 9.99 Å². The SMILES string of the molecule is CC(C)N(C(C)C)P(OCCC#N)OCC1OC(n2cc(I)c(=O)[nH]c2=O)CC1O[Si](C)(C)C(C)(C)C. The lowest BCUT2D eigenvalue weighted by molar-refractivity contribution is -0.0414. The molecular weight excluding hydrogens is 626 g/mol. The van der Waals surface area contributed by atoms with E-state index in [1.165, 1.54) is 10.8 Å². The first-order valence-electron chi connectivity index (χ1n) is 12.6. The Morgan fingerprint density at radius 1 is 1.27 bits per heavy atom.